The van der Waals surface area contributed by atoms with Gasteiger partial charge in [0.05, 0.1) is 17.8 Å². The molecule has 1 aromatic carbocycles. The minimum absolute atomic E-state index is 0.301. The third-order valence-electron chi connectivity index (χ3n) is 5.15. The van der Waals surface area contributed by atoms with Crippen LogP contribution in [0, 0.1) is 0 Å². The predicted molar refractivity (Wildman–Crippen MR) is 121 cm³/mol. The third-order valence-corrected chi connectivity index (χ3v) is 6.35. The third kappa shape index (κ3) is 5.90. The molecule has 2 aromatic rings. The zero-order chi connectivity index (χ0) is 22.5. The van der Waals surface area contributed by atoms with Gasteiger partial charge in [0.15, 0.2) is 0 Å². The van der Waals surface area contributed by atoms with Gasteiger partial charge in [-0.2, -0.15) is 0 Å². The molecule has 31 heavy (non-hydrogen) atoms. The number of aliphatic hydroxyl groups is 2. The van der Waals surface area contributed by atoms with Gasteiger partial charge in [0.25, 0.3) is 11.8 Å². The molecule has 1 aliphatic rings. The Morgan fingerprint density at radius 2 is 1.87 bits per heavy atom. The number of hydrogen-bond donors (Lipinski definition) is 5. The summed E-state index contributed by atoms with van der Waals surface area (Å²) in [6.07, 6.45) is 1.65. The number of hydrazine groups is 1. The van der Waals surface area contributed by atoms with Crippen molar-refractivity contribution in [1.29, 1.82) is 0 Å². The Hall–Kier alpha value is -2.30. The van der Waals surface area contributed by atoms with Crippen molar-refractivity contribution in [1.82, 2.24) is 10.3 Å². The van der Waals surface area contributed by atoms with Gasteiger partial charge in [-0.25, -0.2) is 5.84 Å². The normalized spacial score (nSPS) is 14.9. The van der Waals surface area contributed by atoms with E-state index in [1.165, 1.54) is 11.3 Å². The Labute approximate surface area is 186 Å². The van der Waals surface area contributed by atoms with Crippen LogP contribution in [0.3, 0.4) is 0 Å². The number of nitrogens with two attached hydrogens (primary N) is 1. The van der Waals surface area contributed by atoms with Crippen molar-refractivity contribution in [3.63, 3.8) is 0 Å². The average Bonchev–Trinajstić information content (AvgIpc) is 3.27. The SMILES string of the molecule is CC(O)CN(Cc1cccc(C(=O)Nc2sc3c(c2C(=O)NN)CCC3)c1)CC(C)O. The molecule has 0 bridgehead atoms. The van der Waals surface area contributed by atoms with Crippen molar-refractivity contribution in [3.05, 3.63) is 51.4 Å². The minimum atomic E-state index is -0.530. The van der Waals surface area contributed by atoms with E-state index in [1.807, 2.05) is 11.0 Å². The maximum atomic E-state index is 12.9. The number of nitrogens with one attached hydrogen (secondary N) is 2. The fourth-order valence-electron chi connectivity index (χ4n) is 4.00. The van der Waals surface area contributed by atoms with Gasteiger partial charge >= 0.3 is 0 Å². The van der Waals surface area contributed by atoms with Crippen LogP contribution in [0.2, 0.25) is 0 Å². The zero-order valence-electron chi connectivity index (χ0n) is 17.9. The predicted octanol–water partition coefficient (Wildman–Crippen LogP) is 1.66. The molecule has 1 aromatic heterocycles. The summed E-state index contributed by atoms with van der Waals surface area (Å²) >= 11 is 1.43. The highest BCUT2D eigenvalue weighted by molar-refractivity contribution is 7.17. The molecule has 1 heterocycles. The smallest absolute Gasteiger partial charge is 0.268 e. The van der Waals surface area contributed by atoms with E-state index in [1.54, 1.807) is 32.0 Å². The van der Waals surface area contributed by atoms with E-state index in [0.717, 1.165) is 35.3 Å². The van der Waals surface area contributed by atoms with Crippen LogP contribution in [-0.4, -0.2) is 52.2 Å². The molecule has 2 unspecified atom stereocenters. The number of hydrogen-bond acceptors (Lipinski definition) is 7. The summed E-state index contributed by atoms with van der Waals surface area (Å²) in [4.78, 5) is 28.3. The van der Waals surface area contributed by atoms with Crippen molar-refractivity contribution < 1.29 is 19.8 Å². The number of nitrogen functional groups attached to an aromatic ring is 1. The summed E-state index contributed by atoms with van der Waals surface area (Å²) in [5.41, 5.74) is 4.98. The average molecular weight is 447 g/mol. The maximum Gasteiger partial charge on any atom is 0.268 e. The number of aliphatic hydroxyl groups excluding tert-OH is 2. The highest BCUT2D eigenvalue weighted by Crippen LogP contribution is 2.39. The van der Waals surface area contributed by atoms with Crippen LogP contribution in [-0.2, 0) is 19.4 Å². The van der Waals surface area contributed by atoms with Gasteiger partial charge in [0.1, 0.15) is 5.00 Å². The number of aryl methyl sites for hydroxylation is 1. The van der Waals surface area contributed by atoms with E-state index in [-0.39, 0.29) is 5.91 Å². The first-order chi connectivity index (χ1) is 14.8. The molecule has 9 heteroatoms. The van der Waals surface area contributed by atoms with E-state index in [2.05, 4.69) is 10.7 Å². The summed E-state index contributed by atoms with van der Waals surface area (Å²) < 4.78 is 0. The van der Waals surface area contributed by atoms with Crippen LogP contribution in [0.15, 0.2) is 24.3 Å². The molecule has 1 aliphatic carbocycles. The van der Waals surface area contributed by atoms with Crippen molar-refractivity contribution >= 4 is 28.2 Å². The Morgan fingerprint density at radius 1 is 1.16 bits per heavy atom. The van der Waals surface area contributed by atoms with Crippen molar-refractivity contribution in [3.8, 4) is 0 Å². The number of rotatable bonds is 9. The fraction of sp³-hybridized carbons (Fsp3) is 0.455. The number of amides is 2. The summed E-state index contributed by atoms with van der Waals surface area (Å²) in [5, 5.41) is 22.9. The molecular weight excluding hydrogens is 416 g/mol. The van der Waals surface area contributed by atoms with Crippen LogP contribution in [0.5, 0.6) is 0 Å². The lowest BCUT2D eigenvalue weighted by molar-refractivity contribution is 0.0793. The maximum absolute atomic E-state index is 12.9. The Balaban J connectivity index is 1.77. The molecule has 8 nitrogen and oxygen atoms in total. The Morgan fingerprint density at radius 3 is 2.52 bits per heavy atom. The Bertz CT molecular complexity index is 932. The molecule has 0 fully saturated rings. The lowest BCUT2D eigenvalue weighted by Gasteiger charge is -2.25. The number of anilines is 1. The molecule has 0 saturated heterocycles. The second kappa shape index (κ2) is 10.3. The minimum Gasteiger partial charge on any atom is -0.392 e. The topological polar surface area (TPSA) is 128 Å². The molecule has 2 amide bonds. The molecule has 3 rings (SSSR count). The monoisotopic (exact) mass is 446 g/mol. The molecule has 0 aliphatic heterocycles. The molecule has 0 spiro atoms. The van der Waals surface area contributed by atoms with Gasteiger partial charge < -0.3 is 15.5 Å². The van der Waals surface area contributed by atoms with Crippen LogP contribution < -0.4 is 16.6 Å². The molecule has 168 valence electrons. The van der Waals surface area contributed by atoms with E-state index in [0.29, 0.717) is 35.8 Å². The molecule has 6 N–H and O–H groups in total. The Kier molecular flexibility index (Phi) is 7.79. The van der Waals surface area contributed by atoms with E-state index < -0.39 is 18.1 Å². The lowest BCUT2D eigenvalue weighted by Crippen LogP contribution is -2.35. The first-order valence-electron chi connectivity index (χ1n) is 10.4. The second-order valence-corrected chi connectivity index (χ2v) is 9.19. The fourth-order valence-corrected chi connectivity index (χ4v) is 5.28. The quantitative estimate of drug-likeness (QED) is 0.226. The molecular formula is C22H30N4O4S. The highest BCUT2D eigenvalue weighted by Gasteiger charge is 2.27. The van der Waals surface area contributed by atoms with Gasteiger partial charge in [-0.3, -0.25) is 19.9 Å². The van der Waals surface area contributed by atoms with Crippen LogP contribution in [0.1, 0.15) is 57.0 Å². The van der Waals surface area contributed by atoms with Gasteiger partial charge in [0, 0.05) is 30.1 Å². The second-order valence-electron chi connectivity index (χ2n) is 8.08. The summed E-state index contributed by atoms with van der Waals surface area (Å²) in [6.45, 7) is 4.73. The molecule has 0 saturated carbocycles. The number of carbonyl (C=O) groups is 2. The van der Waals surface area contributed by atoms with Crippen molar-refractivity contribution in [2.75, 3.05) is 18.4 Å². The number of nitrogens with zero attached hydrogens (tertiary/aromatic N) is 1. The van der Waals surface area contributed by atoms with Gasteiger partial charge in [0.2, 0.25) is 0 Å². The van der Waals surface area contributed by atoms with E-state index >= 15 is 0 Å². The van der Waals surface area contributed by atoms with Gasteiger partial charge in [-0.1, -0.05) is 12.1 Å². The standard InChI is InChI=1S/C22H30N4O4S/c1-13(27)10-26(11-14(2)28)12-15-5-3-6-16(9-15)20(29)24-22-19(21(30)25-23)17-7-4-8-18(17)31-22/h3,5-6,9,13-14,27-28H,4,7-8,10-12,23H2,1-2H3,(H,24,29)(H,25,30). The van der Waals surface area contributed by atoms with Gasteiger partial charge in [-0.05, 0) is 56.4 Å². The van der Waals surface area contributed by atoms with E-state index in [4.69, 9.17) is 5.84 Å². The van der Waals surface area contributed by atoms with Crippen LogP contribution in [0.25, 0.3) is 0 Å². The number of fused-ring (bicyclic) bond motifs is 1. The van der Waals surface area contributed by atoms with Crippen LogP contribution >= 0.6 is 11.3 Å². The van der Waals surface area contributed by atoms with Crippen molar-refractivity contribution in [2.24, 2.45) is 5.84 Å². The zero-order valence-corrected chi connectivity index (χ0v) is 18.7. The van der Waals surface area contributed by atoms with E-state index in [9.17, 15) is 19.8 Å². The summed E-state index contributed by atoms with van der Waals surface area (Å²) in [5.74, 6) is 4.66. The van der Waals surface area contributed by atoms with Gasteiger partial charge in [-0.15, -0.1) is 11.3 Å². The molecule has 2 atom stereocenters. The van der Waals surface area contributed by atoms with Crippen LogP contribution in [0.4, 0.5) is 5.00 Å². The molecule has 0 radical (unpaired) electrons. The lowest BCUT2D eigenvalue weighted by atomic mass is 10.1. The largest absolute Gasteiger partial charge is 0.392 e. The highest BCUT2D eigenvalue weighted by atomic mass is 32.1. The first kappa shape index (κ1) is 23.4. The number of carbonyl (C=O) groups excluding carboxylic acids is 2. The van der Waals surface area contributed by atoms with Crippen molar-refractivity contribution in [2.45, 2.75) is 51.9 Å². The first-order valence-corrected chi connectivity index (χ1v) is 11.2. The summed E-state index contributed by atoms with van der Waals surface area (Å²) in [7, 11) is 0. The summed E-state index contributed by atoms with van der Waals surface area (Å²) in [6, 6.07) is 7.21. The number of thiophene rings is 1. The number of benzene rings is 1.